The van der Waals surface area contributed by atoms with Gasteiger partial charge in [0.25, 0.3) is 0 Å². The van der Waals surface area contributed by atoms with Crippen molar-refractivity contribution in [1.82, 2.24) is 14.8 Å². The monoisotopic (exact) mass is 316 g/mol. The fourth-order valence-corrected chi connectivity index (χ4v) is 4.87. The molecule has 3 aliphatic rings. The molecule has 0 amide bonds. The van der Waals surface area contributed by atoms with Gasteiger partial charge in [0, 0.05) is 30.2 Å². The summed E-state index contributed by atoms with van der Waals surface area (Å²) in [4.78, 5) is 4.54. The van der Waals surface area contributed by atoms with Crippen LogP contribution in [0.15, 0.2) is 24.5 Å². The van der Waals surface area contributed by atoms with Crippen molar-refractivity contribution in [3.63, 3.8) is 0 Å². The first-order chi connectivity index (χ1) is 11.9. The maximum Gasteiger partial charge on any atom is 0.0680 e. The Morgan fingerprint density at radius 2 is 2.17 bits per heavy atom. The number of aromatic nitrogens is 3. The van der Waals surface area contributed by atoms with Gasteiger partial charge in [-0.25, -0.2) is 0 Å². The fraction of sp³-hybridized carbons (Fsp3) is 0.450. The third kappa shape index (κ3) is 1.91. The van der Waals surface area contributed by atoms with Crippen LogP contribution in [0.25, 0.3) is 16.7 Å². The predicted octanol–water partition coefficient (Wildman–Crippen LogP) is 4.09. The molecule has 0 aliphatic heterocycles. The Morgan fingerprint density at radius 1 is 1.29 bits per heavy atom. The zero-order valence-electron chi connectivity index (χ0n) is 13.7. The maximum absolute atomic E-state index is 9.35. The first-order valence-corrected chi connectivity index (χ1v) is 8.98. The molecular weight excluding hydrogens is 296 g/mol. The summed E-state index contributed by atoms with van der Waals surface area (Å²) in [5, 5.41) is 14.1. The van der Waals surface area contributed by atoms with Crippen molar-refractivity contribution in [3.8, 4) is 17.2 Å². The summed E-state index contributed by atoms with van der Waals surface area (Å²) in [6, 6.07) is 4.76. The van der Waals surface area contributed by atoms with Crippen LogP contribution in [0.5, 0.6) is 0 Å². The number of rotatable bonds is 3. The Hall–Kier alpha value is -2.41. The second-order valence-corrected chi connectivity index (χ2v) is 7.21. The van der Waals surface area contributed by atoms with E-state index in [0.29, 0.717) is 12.3 Å². The van der Waals surface area contributed by atoms with Gasteiger partial charge >= 0.3 is 0 Å². The number of fused-ring (bicyclic) bond motifs is 2. The van der Waals surface area contributed by atoms with Gasteiger partial charge in [-0.05, 0) is 36.0 Å². The Kier molecular flexibility index (Phi) is 3.09. The second-order valence-electron chi connectivity index (χ2n) is 7.21. The predicted molar refractivity (Wildman–Crippen MR) is 92.1 cm³/mol. The van der Waals surface area contributed by atoms with E-state index in [-0.39, 0.29) is 6.04 Å². The zero-order valence-corrected chi connectivity index (χ0v) is 13.7. The summed E-state index contributed by atoms with van der Waals surface area (Å²) in [6.07, 6.45) is 13.7. The molecule has 0 spiro atoms. The van der Waals surface area contributed by atoms with Gasteiger partial charge in [-0.15, -0.1) is 0 Å². The Labute approximate surface area is 141 Å². The first-order valence-electron chi connectivity index (χ1n) is 8.98. The van der Waals surface area contributed by atoms with E-state index < -0.39 is 0 Å². The van der Waals surface area contributed by atoms with Crippen molar-refractivity contribution in [2.24, 2.45) is 5.92 Å². The normalized spacial score (nSPS) is 19.5. The van der Waals surface area contributed by atoms with Crippen molar-refractivity contribution < 1.29 is 0 Å². The quantitative estimate of drug-likeness (QED) is 0.857. The van der Waals surface area contributed by atoms with Crippen LogP contribution in [-0.2, 0) is 12.8 Å². The van der Waals surface area contributed by atoms with Gasteiger partial charge in [0.15, 0.2) is 0 Å². The van der Waals surface area contributed by atoms with Crippen molar-refractivity contribution >= 4 is 5.57 Å². The molecule has 1 unspecified atom stereocenters. The summed E-state index contributed by atoms with van der Waals surface area (Å²) in [5.41, 5.74) is 7.74. The van der Waals surface area contributed by atoms with Crippen molar-refractivity contribution in [3.05, 3.63) is 41.5 Å². The van der Waals surface area contributed by atoms with Crippen LogP contribution < -0.4 is 0 Å². The van der Waals surface area contributed by atoms with Crippen LogP contribution in [0.1, 0.15) is 55.1 Å². The molecule has 24 heavy (non-hydrogen) atoms. The number of nitriles is 1. The number of hydrogen-bond acceptors (Lipinski definition) is 3. The minimum Gasteiger partial charge on any atom is -0.264 e. The Balaban J connectivity index is 1.63. The molecule has 4 heteroatoms. The third-order valence-corrected chi connectivity index (χ3v) is 6.00. The second kappa shape index (κ2) is 5.31. The van der Waals surface area contributed by atoms with Gasteiger partial charge in [0.1, 0.15) is 0 Å². The average molecular weight is 316 g/mol. The standard InChI is InChI=1S/C20H20N4/c21-9-7-18(13-3-1-2-4-13)24-19-11-14-5-6-17-20(14)15(8-10-22-17)16(19)12-23-24/h5,8,10,12-13,18H,1-4,6-7,11H2. The first kappa shape index (κ1) is 14.0. The maximum atomic E-state index is 9.35. The highest BCUT2D eigenvalue weighted by molar-refractivity contribution is 5.90. The largest absolute Gasteiger partial charge is 0.264 e. The summed E-state index contributed by atoms with van der Waals surface area (Å²) in [5.74, 6) is 0.598. The van der Waals surface area contributed by atoms with E-state index in [0.717, 1.165) is 12.8 Å². The highest BCUT2D eigenvalue weighted by Crippen LogP contribution is 2.45. The zero-order chi connectivity index (χ0) is 16.1. The summed E-state index contributed by atoms with van der Waals surface area (Å²) >= 11 is 0. The van der Waals surface area contributed by atoms with E-state index in [1.807, 2.05) is 12.4 Å². The molecule has 3 aliphatic carbocycles. The van der Waals surface area contributed by atoms with Gasteiger partial charge in [0.05, 0.1) is 36.1 Å². The lowest BCUT2D eigenvalue weighted by Gasteiger charge is -2.26. The molecule has 0 saturated heterocycles. The van der Waals surface area contributed by atoms with Crippen molar-refractivity contribution in [2.45, 2.75) is 51.0 Å². The average Bonchev–Trinajstić information content (AvgIpc) is 3.34. The number of hydrogen-bond donors (Lipinski definition) is 0. The molecule has 5 rings (SSSR count). The number of allylic oxidation sites excluding steroid dienone is 2. The van der Waals surface area contributed by atoms with E-state index in [9.17, 15) is 5.26 Å². The van der Waals surface area contributed by atoms with Gasteiger partial charge < -0.3 is 0 Å². The van der Waals surface area contributed by atoms with Gasteiger partial charge in [-0.3, -0.25) is 9.67 Å². The van der Waals surface area contributed by atoms with Gasteiger partial charge in [0.2, 0.25) is 0 Å². The van der Waals surface area contributed by atoms with Crippen LogP contribution >= 0.6 is 0 Å². The van der Waals surface area contributed by atoms with Gasteiger partial charge in [-0.1, -0.05) is 18.9 Å². The minimum atomic E-state index is 0.228. The molecule has 0 bridgehead atoms. The summed E-state index contributed by atoms with van der Waals surface area (Å²) in [6.45, 7) is 0. The Bertz CT molecular complexity index is 878. The number of pyridine rings is 1. The molecule has 0 radical (unpaired) electrons. The van der Waals surface area contributed by atoms with E-state index in [1.54, 1.807) is 0 Å². The van der Waals surface area contributed by atoms with Crippen LogP contribution in [-0.4, -0.2) is 14.8 Å². The van der Waals surface area contributed by atoms with Gasteiger partial charge in [-0.2, -0.15) is 10.4 Å². The lowest BCUT2D eigenvalue weighted by atomic mass is 9.87. The molecule has 0 aromatic carbocycles. The fourth-order valence-electron chi connectivity index (χ4n) is 4.87. The van der Waals surface area contributed by atoms with Crippen molar-refractivity contribution in [1.29, 1.82) is 5.26 Å². The van der Waals surface area contributed by atoms with Crippen LogP contribution in [0, 0.1) is 17.2 Å². The molecule has 2 aromatic heterocycles. The highest BCUT2D eigenvalue weighted by atomic mass is 15.3. The van der Waals surface area contributed by atoms with Crippen LogP contribution in [0.3, 0.4) is 0 Å². The van der Waals surface area contributed by atoms with E-state index in [1.165, 1.54) is 59.3 Å². The molecule has 0 N–H and O–H groups in total. The molecule has 4 nitrogen and oxygen atoms in total. The van der Waals surface area contributed by atoms with E-state index >= 15 is 0 Å². The molecule has 2 aromatic rings. The minimum absolute atomic E-state index is 0.228. The topological polar surface area (TPSA) is 54.5 Å². The lowest BCUT2D eigenvalue weighted by molar-refractivity contribution is 0.309. The van der Waals surface area contributed by atoms with E-state index in [2.05, 4.69) is 27.9 Å². The molecule has 1 fully saturated rings. The lowest BCUT2D eigenvalue weighted by Crippen LogP contribution is -2.21. The number of nitrogens with zero attached hydrogens (tertiary/aromatic N) is 4. The molecular formula is C20H20N4. The SMILES string of the molecule is N#CCC(C1CCCC1)n1ncc2c1CC1=CCc3nccc-2c31. The summed E-state index contributed by atoms with van der Waals surface area (Å²) < 4.78 is 2.19. The van der Waals surface area contributed by atoms with Crippen molar-refractivity contribution in [2.75, 3.05) is 0 Å². The van der Waals surface area contributed by atoms with Crippen LogP contribution in [0.2, 0.25) is 0 Å². The van der Waals surface area contributed by atoms with Crippen LogP contribution in [0.4, 0.5) is 0 Å². The molecule has 2 heterocycles. The third-order valence-electron chi connectivity index (χ3n) is 6.00. The smallest absolute Gasteiger partial charge is 0.0680 e. The molecule has 1 atom stereocenters. The highest BCUT2D eigenvalue weighted by Gasteiger charge is 2.33. The molecule has 1 saturated carbocycles. The summed E-state index contributed by atoms with van der Waals surface area (Å²) in [7, 11) is 0. The van der Waals surface area contributed by atoms with E-state index in [4.69, 9.17) is 5.10 Å². The Morgan fingerprint density at radius 3 is 3.00 bits per heavy atom. The molecule has 120 valence electrons.